The number of nitrogens with zero attached hydrogens (tertiary/aromatic N) is 6. The van der Waals surface area contributed by atoms with Crippen LogP contribution in [0.4, 0.5) is 0 Å². The van der Waals surface area contributed by atoms with Crippen molar-refractivity contribution in [1.82, 2.24) is 29.5 Å². The van der Waals surface area contributed by atoms with Gasteiger partial charge in [-0.15, -0.1) is 10.2 Å². The van der Waals surface area contributed by atoms with Gasteiger partial charge in [0, 0.05) is 37.2 Å². The Labute approximate surface area is 171 Å². The third kappa shape index (κ3) is 5.38. The summed E-state index contributed by atoms with van der Waals surface area (Å²) in [6, 6.07) is 3.57. The molecule has 0 spiro atoms. The summed E-state index contributed by atoms with van der Waals surface area (Å²) in [5, 5.41) is 12.4. The Hall–Kier alpha value is -2.81. The van der Waals surface area contributed by atoms with Crippen molar-refractivity contribution in [3.05, 3.63) is 54.6 Å². The number of rotatable bonds is 10. The van der Waals surface area contributed by atoms with Gasteiger partial charge in [0.2, 0.25) is 15.0 Å². The molecule has 0 fully saturated rings. The van der Waals surface area contributed by atoms with E-state index in [-0.39, 0.29) is 10.9 Å². The van der Waals surface area contributed by atoms with E-state index in [0.29, 0.717) is 18.8 Å². The lowest BCUT2D eigenvalue weighted by Crippen LogP contribution is -2.15. The Kier molecular flexibility index (Phi) is 6.58. The maximum atomic E-state index is 12.9. The summed E-state index contributed by atoms with van der Waals surface area (Å²) in [5.41, 5.74) is 2.71. The molecule has 0 bridgehead atoms. The van der Waals surface area contributed by atoms with Crippen molar-refractivity contribution in [3.8, 4) is 11.4 Å². The molecule has 154 valence electrons. The van der Waals surface area contributed by atoms with Crippen LogP contribution < -0.4 is 0 Å². The summed E-state index contributed by atoms with van der Waals surface area (Å²) >= 11 is 0. The second kappa shape index (κ2) is 9.13. The van der Waals surface area contributed by atoms with E-state index < -0.39 is 9.84 Å². The third-order valence-electron chi connectivity index (χ3n) is 4.42. The van der Waals surface area contributed by atoms with Crippen LogP contribution in [0.3, 0.4) is 0 Å². The zero-order valence-electron chi connectivity index (χ0n) is 16.8. The molecule has 0 unspecified atom stereocenters. The van der Waals surface area contributed by atoms with Gasteiger partial charge in [-0.25, -0.2) is 8.42 Å². The molecule has 0 aromatic carbocycles. The van der Waals surface area contributed by atoms with E-state index in [1.54, 1.807) is 29.1 Å². The molecule has 3 heterocycles. The zero-order valence-corrected chi connectivity index (χ0v) is 17.6. The van der Waals surface area contributed by atoms with Gasteiger partial charge in [0.25, 0.3) is 0 Å². The molecule has 0 atom stereocenters. The third-order valence-corrected chi connectivity index (χ3v) is 6.11. The standard InChI is InChI=1S/C20H26N6O2S/c1-16(2)14-26-19(18-7-9-21-10-8-18)23-24-20(26)29(27,28)12-6-4-5-11-25-15-17(3)13-22-25/h7-10,13,15H,1,4-6,11-12,14H2,2-3H3. The van der Waals surface area contributed by atoms with E-state index in [0.717, 1.165) is 36.1 Å². The fraction of sp³-hybridized carbons (Fsp3) is 0.400. The average molecular weight is 415 g/mol. The molecule has 29 heavy (non-hydrogen) atoms. The van der Waals surface area contributed by atoms with E-state index in [9.17, 15) is 8.42 Å². The summed E-state index contributed by atoms with van der Waals surface area (Å²) < 4.78 is 29.4. The van der Waals surface area contributed by atoms with Crippen molar-refractivity contribution in [2.75, 3.05) is 5.75 Å². The molecule has 0 saturated carbocycles. The molecular weight excluding hydrogens is 388 g/mol. The second-order valence-electron chi connectivity index (χ2n) is 7.25. The maximum Gasteiger partial charge on any atom is 0.250 e. The smallest absolute Gasteiger partial charge is 0.250 e. The molecule has 8 nitrogen and oxygen atoms in total. The predicted molar refractivity (Wildman–Crippen MR) is 111 cm³/mol. The number of allylic oxidation sites excluding steroid dienone is 1. The SMILES string of the molecule is C=C(C)Cn1c(-c2ccncc2)nnc1S(=O)(=O)CCCCCn1cc(C)cn1. The largest absolute Gasteiger partial charge is 0.294 e. The summed E-state index contributed by atoms with van der Waals surface area (Å²) in [7, 11) is -3.55. The van der Waals surface area contributed by atoms with E-state index in [1.807, 2.05) is 30.9 Å². The Bertz CT molecular complexity index is 1070. The van der Waals surface area contributed by atoms with Gasteiger partial charge in [0.1, 0.15) is 0 Å². The molecule has 0 radical (unpaired) electrons. The average Bonchev–Trinajstić information content (AvgIpc) is 3.28. The molecule has 0 aliphatic rings. The number of pyridine rings is 1. The van der Waals surface area contributed by atoms with Gasteiger partial charge in [-0.2, -0.15) is 5.10 Å². The summed E-state index contributed by atoms with van der Waals surface area (Å²) in [4.78, 5) is 4.00. The minimum atomic E-state index is -3.55. The van der Waals surface area contributed by atoms with Crippen molar-refractivity contribution in [2.45, 2.75) is 51.4 Å². The van der Waals surface area contributed by atoms with E-state index >= 15 is 0 Å². The minimum Gasteiger partial charge on any atom is -0.294 e. The van der Waals surface area contributed by atoms with Crippen LogP contribution in [-0.2, 0) is 22.9 Å². The van der Waals surface area contributed by atoms with Gasteiger partial charge in [-0.05, 0) is 44.4 Å². The van der Waals surface area contributed by atoms with Crippen LogP contribution in [0.5, 0.6) is 0 Å². The topological polar surface area (TPSA) is 95.6 Å². The van der Waals surface area contributed by atoms with Gasteiger partial charge >= 0.3 is 0 Å². The number of hydrogen-bond donors (Lipinski definition) is 0. The van der Waals surface area contributed by atoms with E-state index in [4.69, 9.17) is 0 Å². The highest BCUT2D eigenvalue weighted by Crippen LogP contribution is 2.22. The molecule has 0 saturated heterocycles. The highest BCUT2D eigenvalue weighted by atomic mass is 32.2. The van der Waals surface area contributed by atoms with Crippen molar-refractivity contribution in [2.24, 2.45) is 0 Å². The number of unbranched alkanes of at least 4 members (excludes halogenated alkanes) is 2. The van der Waals surface area contributed by atoms with Crippen LogP contribution in [0, 0.1) is 6.92 Å². The number of sulfone groups is 1. The van der Waals surface area contributed by atoms with Crippen LogP contribution >= 0.6 is 0 Å². The minimum absolute atomic E-state index is 0.00462. The number of aryl methyl sites for hydroxylation is 2. The van der Waals surface area contributed by atoms with E-state index in [2.05, 4.69) is 26.9 Å². The van der Waals surface area contributed by atoms with Crippen molar-refractivity contribution in [3.63, 3.8) is 0 Å². The van der Waals surface area contributed by atoms with Gasteiger partial charge < -0.3 is 0 Å². The maximum absolute atomic E-state index is 12.9. The lowest BCUT2D eigenvalue weighted by Gasteiger charge is -2.11. The molecule has 3 aromatic heterocycles. The Morgan fingerprint density at radius 1 is 1.14 bits per heavy atom. The molecule has 0 amide bonds. The first kappa shape index (κ1) is 20.9. The van der Waals surface area contributed by atoms with Crippen molar-refractivity contribution >= 4 is 9.84 Å². The Balaban J connectivity index is 1.69. The normalized spacial score (nSPS) is 11.7. The first-order valence-corrected chi connectivity index (χ1v) is 11.2. The number of aromatic nitrogens is 6. The number of hydrogen-bond acceptors (Lipinski definition) is 6. The van der Waals surface area contributed by atoms with Crippen LogP contribution in [0.1, 0.15) is 31.7 Å². The van der Waals surface area contributed by atoms with Crippen molar-refractivity contribution in [1.29, 1.82) is 0 Å². The van der Waals surface area contributed by atoms with Crippen LogP contribution in [0.25, 0.3) is 11.4 Å². The quantitative estimate of drug-likeness (QED) is 0.374. The van der Waals surface area contributed by atoms with Gasteiger partial charge in [0.15, 0.2) is 5.82 Å². The van der Waals surface area contributed by atoms with Gasteiger partial charge in [-0.1, -0.05) is 18.6 Å². The predicted octanol–water partition coefficient (Wildman–Crippen LogP) is 3.07. The monoisotopic (exact) mass is 414 g/mol. The van der Waals surface area contributed by atoms with Crippen molar-refractivity contribution < 1.29 is 8.42 Å². The van der Waals surface area contributed by atoms with E-state index in [1.165, 1.54) is 0 Å². The fourth-order valence-electron chi connectivity index (χ4n) is 3.07. The molecule has 9 heteroatoms. The summed E-state index contributed by atoms with van der Waals surface area (Å²) in [6.07, 6.45) is 9.32. The second-order valence-corrected chi connectivity index (χ2v) is 9.25. The van der Waals surface area contributed by atoms with Gasteiger partial charge in [-0.3, -0.25) is 14.2 Å². The summed E-state index contributed by atoms with van der Waals surface area (Å²) in [6.45, 7) is 8.89. The summed E-state index contributed by atoms with van der Waals surface area (Å²) in [5.74, 6) is 0.540. The van der Waals surface area contributed by atoms with Crippen LogP contribution in [0.15, 0.2) is 54.2 Å². The Morgan fingerprint density at radius 2 is 1.90 bits per heavy atom. The van der Waals surface area contributed by atoms with Crippen LogP contribution in [-0.4, -0.2) is 43.7 Å². The molecule has 0 N–H and O–H groups in total. The first-order chi connectivity index (χ1) is 13.9. The first-order valence-electron chi connectivity index (χ1n) is 9.56. The Morgan fingerprint density at radius 3 is 2.55 bits per heavy atom. The highest BCUT2D eigenvalue weighted by molar-refractivity contribution is 7.91. The highest BCUT2D eigenvalue weighted by Gasteiger charge is 2.25. The lowest BCUT2D eigenvalue weighted by molar-refractivity contribution is 0.543. The van der Waals surface area contributed by atoms with Gasteiger partial charge in [0.05, 0.1) is 11.9 Å². The molecule has 0 aliphatic carbocycles. The zero-order chi connectivity index (χ0) is 20.9. The molecule has 0 aliphatic heterocycles. The van der Waals surface area contributed by atoms with Crippen LogP contribution in [0.2, 0.25) is 0 Å². The molecular formula is C20H26N6O2S. The lowest BCUT2D eigenvalue weighted by atomic mass is 10.2. The molecule has 3 rings (SSSR count). The fourth-order valence-corrected chi connectivity index (χ4v) is 4.49. The molecule has 3 aromatic rings.